The largest absolute Gasteiger partial charge is 0.456 e. The van der Waals surface area contributed by atoms with E-state index >= 15 is 0 Å². The summed E-state index contributed by atoms with van der Waals surface area (Å²) < 4.78 is 6.19. The fourth-order valence-corrected chi connectivity index (χ4v) is 7.21. The number of pyridine rings is 1. The van der Waals surface area contributed by atoms with Crippen LogP contribution in [0.4, 0.5) is 0 Å². The van der Waals surface area contributed by atoms with Gasteiger partial charge in [-0.15, -0.1) is 0 Å². The molecule has 0 saturated heterocycles. The van der Waals surface area contributed by atoms with Gasteiger partial charge >= 0.3 is 0 Å². The fraction of sp³-hybridized carbons (Fsp3) is 0. The molecule has 4 nitrogen and oxygen atoms in total. The Balaban J connectivity index is 1.17. The highest BCUT2D eigenvalue weighted by atomic mass is 16.3. The quantitative estimate of drug-likeness (QED) is 0.176. The van der Waals surface area contributed by atoms with E-state index in [2.05, 4.69) is 145 Å². The highest BCUT2D eigenvalue weighted by Crippen LogP contribution is 2.38. The summed E-state index contributed by atoms with van der Waals surface area (Å²) in [6.07, 6.45) is 3.67. The third-order valence-corrected chi connectivity index (χ3v) is 9.96. The predicted octanol–water partition coefficient (Wildman–Crippen LogP) is 12.9. The van der Waals surface area contributed by atoms with E-state index in [0.717, 1.165) is 83.4 Å². The molecule has 0 atom stereocenters. The Hall–Kier alpha value is -7.17. The molecule has 7 aromatic carbocycles. The summed E-state index contributed by atoms with van der Waals surface area (Å²) in [5.41, 5.74) is 13.1. The second-order valence-electron chi connectivity index (χ2n) is 13.3. The van der Waals surface area contributed by atoms with Crippen LogP contribution < -0.4 is 0 Å². The van der Waals surface area contributed by atoms with Gasteiger partial charge in [0.25, 0.3) is 0 Å². The maximum atomic E-state index is 6.19. The van der Waals surface area contributed by atoms with Gasteiger partial charge in [-0.3, -0.25) is 4.98 Å². The number of rotatable bonds is 6. The second kappa shape index (κ2) is 12.9. The number of hydrogen-bond acceptors (Lipinski definition) is 4. The second-order valence-corrected chi connectivity index (χ2v) is 13.3. The van der Waals surface area contributed by atoms with Crippen molar-refractivity contribution < 1.29 is 4.42 Å². The van der Waals surface area contributed by atoms with E-state index in [4.69, 9.17) is 14.4 Å². The van der Waals surface area contributed by atoms with E-state index in [1.54, 1.807) is 6.20 Å². The summed E-state index contributed by atoms with van der Waals surface area (Å²) in [5, 5.41) is 4.62. The molecule has 10 aromatic rings. The molecule has 0 saturated carbocycles. The molecule has 0 spiro atoms. The summed E-state index contributed by atoms with van der Waals surface area (Å²) >= 11 is 0. The molecule has 53 heavy (non-hydrogen) atoms. The zero-order valence-electron chi connectivity index (χ0n) is 28.6. The first-order valence-corrected chi connectivity index (χ1v) is 17.7. The van der Waals surface area contributed by atoms with Crippen LogP contribution in [0, 0.1) is 0 Å². The van der Waals surface area contributed by atoms with E-state index in [0.29, 0.717) is 5.82 Å². The third-order valence-electron chi connectivity index (χ3n) is 9.96. The first kappa shape index (κ1) is 30.6. The average Bonchev–Trinajstić information content (AvgIpc) is 3.62. The van der Waals surface area contributed by atoms with Gasteiger partial charge in [0.2, 0.25) is 0 Å². The van der Waals surface area contributed by atoms with Crippen molar-refractivity contribution in [2.24, 2.45) is 0 Å². The van der Waals surface area contributed by atoms with E-state index in [9.17, 15) is 0 Å². The lowest BCUT2D eigenvalue weighted by Crippen LogP contribution is -1.96. The minimum Gasteiger partial charge on any atom is -0.456 e. The summed E-state index contributed by atoms with van der Waals surface area (Å²) in [4.78, 5) is 14.7. The highest BCUT2D eigenvalue weighted by Gasteiger charge is 2.15. The minimum absolute atomic E-state index is 0.669. The van der Waals surface area contributed by atoms with Crippen LogP contribution in [0.1, 0.15) is 0 Å². The summed E-state index contributed by atoms with van der Waals surface area (Å²) in [5.74, 6) is 0.669. The molecule has 10 rings (SSSR count). The van der Waals surface area contributed by atoms with Crippen LogP contribution >= 0.6 is 0 Å². The van der Waals surface area contributed by atoms with E-state index in [1.807, 2.05) is 42.6 Å². The molecule has 0 bridgehead atoms. The average molecular weight is 678 g/mol. The maximum Gasteiger partial charge on any atom is 0.160 e. The Morgan fingerprint density at radius 2 is 0.962 bits per heavy atom. The lowest BCUT2D eigenvalue weighted by atomic mass is 9.93. The zero-order valence-corrected chi connectivity index (χ0v) is 28.6. The topological polar surface area (TPSA) is 51.8 Å². The van der Waals surface area contributed by atoms with Gasteiger partial charge in [-0.1, -0.05) is 121 Å². The molecule has 0 amide bonds. The number of fused-ring (bicyclic) bond motifs is 4. The molecule has 0 aliphatic carbocycles. The van der Waals surface area contributed by atoms with Gasteiger partial charge in [-0.05, 0) is 98.8 Å². The van der Waals surface area contributed by atoms with Crippen molar-refractivity contribution in [3.63, 3.8) is 0 Å². The molecular formula is C49H31N3O. The van der Waals surface area contributed by atoms with Crippen molar-refractivity contribution in [1.29, 1.82) is 0 Å². The van der Waals surface area contributed by atoms with Crippen LogP contribution in [-0.4, -0.2) is 15.0 Å². The SMILES string of the molecule is c1ccc(-c2cc(-c3cc(-c4ccc5ccccc5c4)cc(-c4ccc5oc6ccccc6c5c4)c3)nc(-c3ccc(-c4cccnc4)cc3)n2)cc1. The minimum atomic E-state index is 0.669. The normalized spacial score (nSPS) is 11.4. The van der Waals surface area contributed by atoms with Crippen molar-refractivity contribution in [3.8, 4) is 67.3 Å². The number of aromatic nitrogens is 3. The first-order valence-electron chi connectivity index (χ1n) is 17.7. The number of hydrogen-bond donors (Lipinski definition) is 0. The van der Waals surface area contributed by atoms with Crippen LogP contribution in [0.2, 0.25) is 0 Å². The highest BCUT2D eigenvalue weighted by molar-refractivity contribution is 6.06. The van der Waals surface area contributed by atoms with Gasteiger partial charge in [-0.2, -0.15) is 0 Å². The van der Waals surface area contributed by atoms with Gasteiger partial charge in [-0.25, -0.2) is 9.97 Å². The van der Waals surface area contributed by atoms with Gasteiger partial charge in [0, 0.05) is 39.9 Å². The number of furan rings is 1. The summed E-state index contributed by atoms with van der Waals surface area (Å²) in [7, 11) is 0. The molecule has 4 heteroatoms. The molecular weight excluding hydrogens is 647 g/mol. The standard InChI is InChI=1S/C49H31N3O/c1-2-10-34(11-3-1)45-30-46(52-49(51-45)35-19-16-33(17-20-35)39-13-8-24-50-31-39)42-27-40(37-21-18-32-9-4-5-12-36(32)25-37)26-41(28-42)38-22-23-48-44(29-38)43-14-6-7-15-47(43)53-48/h1-31H. The Kier molecular flexibility index (Phi) is 7.43. The van der Waals surface area contributed by atoms with Gasteiger partial charge < -0.3 is 4.42 Å². The van der Waals surface area contributed by atoms with Crippen molar-refractivity contribution in [2.75, 3.05) is 0 Å². The third kappa shape index (κ3) is 5.82. The predicted molar refractivity (Wildman–Crippen MR) is 217 cm³/mol. The van der Waals surface area contributed by atoms with Crippen molar-refractivity contribution in [1.82, 2.24) is 15.0 Å². The number of para-hydroxylation sites is 1. The molecule has 0 aliphatic rings. The molecule has 0 fully saturated rings. The molecule has 248 valence electrons. The Morgan fingerprint density at radius 1 is 0.340 bits per heavy atom. The van der Waals surface area contributed by atoms with Crippen LogP contribution in [0.5, 0.6) is 0 Å². The van der Waals surface area contributed by atoms with Crippen molar-refractivity contribution in [3.05, 3.63) is 188 Å². The Bertz CT molecular complexity index is 2930. The molecule has 0 aliphatic heterocycles. The fourth-order valence-electron chi connectivity index (χ4n) is 7.21. The molecule has 3 heterocycles. The van der Waals surface area contributed by atoms with E-state index < -0.39 is 0 Å². The number of nitrogens with zero attached hydrogens (tertiary/aromatic N) is 3. The van der Waals surface area contributed by atoms with Gasteiger partial charge in [0.05, 0.1) is 11.4 Å². The maximum absolute atomic E-state index is 6.19. The zero-order chi connectivity index (χ0) is 35.1. The van der Waals surface area contributed by atoms with Crippen molar-refractivity contribution >= 4 is 32.7 Å². The smallest absolute Gasteiger partial charge is 0.160 e. The van der Waals surface area contributed by atoms with Crippen molar-refractivity contribution in [2.45, 2.75) is 0 Å². The number of benzene rings is 7. The van der Waals surface area contributed by atoms with Gasteiger partial charge in [0.1, 0.15) is 11.2 Å². The van der Waals surface area contributed by atoms with Crippen LogP contribution in [0.3, 0.4) is 0 Å². The Morgan fingerprint density at radius 3 is 1.77 bits per heavy atom. The lowest BCUT2D eigenvalue weighted by molar-refractivity contribution is 0.669. The van der Waals surface area contributed by atoms with Crippen LogP contribution in [0.25, 0.3) is 100.0 Å². The monoisotopic (exact) mass is 677 g/mol. The lowest BCUT2D eigenvalue weighted by Gasteiger charge is -2.14. The molecule has 0 radical (unpaired) electrons. The van der Waals surface area contributed by atoms with Crippen LogP contribution in [0.15, 0.2) is 193 Å². The first-order chi connectivity index (χ1) is 26.2. The van der Waals surface area contributed by atoms with Crippen LogP contribution in [-0.2, 0) is 0 Å². The Labute approximate surface area is 306 Å². The molecule has 0 unspecified atom stereocenters. The molecule has 3 aromatic heterocycles. The van der Waals surface area contributed by atoms with E-state index in [-0.39, 0.29) is 0 Å². The van der Waals surface area contributed by atoms with E-state index in [1.165, 1.54) is 10.8 Å². The van der Waals surface area contributed by atoms with Gasteiger partial charge in [0.15, 0.2) is 5.82 Å². The summed E-state index contributed by atoms with van der Waals surface area (Å²) in [6.45, 7) is 0. The molecule has 0 N–H and O–H groups in total. The summed E-state index contributed by atoms with van der Waals surface area (Å²) in [6, 6.07) is 61.6.